The van der Waals surface area contributed by atoms with Crippen LogP contribution < -0.4 is 5.32 Å². The molecule has 108 valence electrons. The van der Waals surface area contributed by atoms with Crippen LogP contribution in [-0.4, -0.2) is 4.98 Å². The summed E-state index contributed by atoms with van der Waals surface area (Å²) in [5, 5.41) is 6.74. The van der Waals surface area contributed by atoms with E-state index in [0.717, 1.165) is 23.7 Å². The highest BCUT2D eigenvalue weighted by Crippen LogP contribution is 2.23. The van der Waals surface area contributed by atoms with Crippen molar-refractivity contribution in [2.75, 3.05) is 0 Å². The first-order valence-electron chi connectivity index (χ1n) is 6.78. The van der Waals surface area contributed by atoms with Gasteiger partial charge in [0.2, 0.25) is 0 Å². The van der Waals surface area contributed by atoms with Gasteiger partial charge in [0.05, 0.1) is 5.69 Å². The van der Waals surface area contributed by atoms with Gasteiger partial charge in [-0.05, 0) is 11.1 Å². The van der Waals surface area contributed by atoms with Crippen molar-refractivity contribution in [2.24, 2.45) is 0 Å². The molecule has 2 nitrogen and oxygen atoms in total. The molecule has 0 amide bonds. The normalized spacial score (nSPS) is 11.8. The first-order valence-corrected chi connectivity index (χ1v) is 8.20. The molecule has 0 saturated heterocycles. The van der Waals surface area contributed by atoms with Crippen LogP contribution in [0.5, 0.6) is 0 Å². The van der Waals surface area contributed by atoms with Crippen LogP contribution in [-0.2, 0) is 24.4 Å². The summed E-state index contributed by atoms with van der Waals surface area (Å²) in [7, 11) is 0. The Hall–Kier alpha value is -0.900. The Labute approximate surface area is 130 Å². The van der Waals surface area contributed by atoms with Gasteiger partial charge in [-0.2, -0.15) is 0 Å². The van der Waals surface area contributed by atoms with E-state index in [4.69, 9.17) is 11.6 Å². The molecule has 4 heteroatoms. The van der Waals surface area contributed by atoms with Gasteiger partial charge in [0.15, 0.2) is 0 Å². The second-order valence-corrected chi connectivity index (χ2v) is 7.14. The van der Waals surface area contributed by atoms with E-state index in [2.05, 4.69) is 60.7 Å². The van der Waals surface area contributed by atoms with Crippen molar-refractivity contribution in [3.8, 4) is 0 Å². The lowest BCUT2D eigenvalue weighted by Gasteiger charge is -2.14. The van der Waals surface area contributed by atoms with Crippen LogP contribution in [0.15, 0.2) is 29.6 Å². The first-order chi connectivity index (χ1) is 9.49. The lowest BCUT2D eigenvalue weighted by atomic mass is 9.93. The molecule has 0 aliphatic carbocycles. The van der Waals surface area contributed by atoms with Crippen molar-refractivity contribution in [1.82, 2.24) is 10.3 Å². The van der Waals surface area contributed by atoms with E-state index < -0.39 is 0 Å². The highest BCUT2D eigenvalue weighted by molar-refractivity contribution is 7.09. The van der Waals surface area contributed by atoms with Gasteiger partial charge in [-0.15, -0.1) is 22.9 Å². The molecular formula is C16H21ClN2S. The molecule has 0 fully saturated rings. The number of aromatic nitrogens is 1. The van der Waals surface area contributed by atoms with Gasteiger partial charge in [0.25, 0.3) is 0 Å². The fraction of sp³-hybridized carbons (Fsp3) is 0.438. The maximum Gasteiger partial charge on any atom is 0.107 e. The van der Waals surface area contributed by atoms with Crippen molar-refractivity contribution in [3.05, 3.63) is 51.5 Å². The van der Waals surface area contributed by atoms with Crippen LogP contribution in [0.2, 0.25) is 0 Å². The molecule has 1 N–H and O–H groups in total. The van der Waals surface area contributed by atoms with Crippen LogP contribution in [0.25, 0.3) is 0 Å². The van der Waals surface area contributed by atoms with Crippen LogP contribution >= 0.6 is 22.9 Å². The highest BCUT2D eigenvalue weighted by atomic mass is 35.5. The third-order valence-corrected chi connectivity index (χ3v) is 4.26. The fourth-order valence-electron chi connectivity index (χ4n) is 1.80. The molecule has 0 atom stereocenters. The van der Waals surface area contributed by atoms with Gasteiger partial charge < -0.3 is 5.32 Å². The van der Waals surface area contributed by atoms with E-state index in [1.54, 1.807) is 11.3 Å². The predicted octanol–water partition coefficient (Wildman–Crippen LogP) is 4.47. The lowest BCUT2D eigenvalue weighted by Crippen LogP contribution is -2.14. The van der Waals surface area contributed by atoms with Crippen molar-refractivity contribution in [3.63, 3.8) is 0 Å². The van der Waals surface area contributed by atoms with E-state index in [-0.39, 0.29) is 5.41 Å². The monoisotopic (exact) mass is 308 g/mol. The summed E-state index contributed by atoms with van der Waals surface area (Å²) in [6.07, 6.45) is 0. The number of alkyl halides is 1. The van der Waals surface area contributed by atoms with Crippen LogP contribution in [0.3, 0.4) is 0 Å². The molecular weight excluding hydrogens is 288 g/mol. The average Bonchev–Trinajstić information content (AvgIpc) is 2.88. The quantitative estimate of drug-likeness (QED) is 0.824. The van der Waals surface area contributed by atoms with Gasteiger partial charge >= 0.3 is 0 Å². The summed E-state index contributed by atoms with van der Waals surface area (Å²) in [6.45, 7) is 8.25. The van der Waals surface area contributed by atoms with E-state index >= 15 is 0 Å². The molecule has 1 heterocycles. The summed E-state index contributed by atoms with van der Waals surface area (Å²) in [6, 6.07) is 8.39. The number of benzene rings is 1. The van der Waals surface area contributed by atoms with E-state index in [9.17, 15) is 0 Å². The number of hydrogen-bond donors (Lipinski definition) is 1. The minimum Gasteiger partial charge on any atom is -0.306 e. The Morgan fingerprint density at radius 3 is 2.30 bits per heavy atom. The molecule has 2 aromatic rings. The summed E-state index contributed by atoms with van der Waals surface area (Å²) >= 11 is 7.51. The summed E-state index contributed by atoms with van der Waals surface area (Å²) < 4.78 is 0. The Kier molecular flexibility index (Phi) is 5.19. The van der Waals surface area contributed by atoms with Crippen molar-refractivity contribution < 1.29 is 0 Å². The molecule has 20 heavy (non-hydrogen) atoms. The van der Waals surface area contributed by atoms with Gasteiger partial charge in [0.1, 0.15) is 5.01 Å². The standard InChI is InChI=1S/C16H21ClN2S/c1-16(2,3)14-11-20-15(19-14)10-18-9-13-6-4-12(8-17)5-7-13/h4-7,11,18H,8-10H2,1-3H3. The lowest BCUT2D eigenvalue weighted by molar-refractivity contribution is 0.568. The van der Waals surface area contributed by atoms with Gasteiger partial charge in [-0.3, -0.25) is 0 Å². The van der Waals surface area contributed by atoms with E-state index in [1.165, 1.54) is 11.3 Å². The molecule has 1 aromatic heterocycles. The van der Waals surface area contributed by atoms with Crippen LogP contribution in [0.1, 0.15) is 42.6 Å². The molecule has 0 aliphatic rings. The number of halogens is 1. The third kappa shape index (κ3) is 4.30. The largest absolute Gasteiger partial charge is 0.306 e. The maximum atomic E-state index is 5.78. The second kappa shape index (κ2) is 6.70. The zero-order chi connectivity index (χ0) is 14.6. The Balaban J connectivity index is 1.84. The molecule has 0 aliphatic heterocycles. The predicted molar refractivity (Wildman–Crippen MR) is 87.4 cm³/mol. The van der Waals surface area contributed by atoms with Crippen molar-refractivity contribution in [1.29, 1.82) is 0 Å². The highest BCUT2D eigenvalue weighted by Gasteiger charge is 2.17. The number of nitrogens with one attached hydrogen (secondary N) is 1. The smallest absolute Gasteiger partial charge is 0.107 e. The molecule has 1 aromatic carbocycles. The second-order valence-electron chi connectivity index (χ2n) is 5.93. The van der Waals surface area contributed by atoms with Crippen molar-refractivity contribution in [2.45, 2.75) is 45.2 Å². The zero-order valence-corrected chi connectivity index (χ0v) is 13.8. The van der Waals surface area contributed by atoms with E-state index in [1.807, 2.05) is 0 Å². The summed E-state index contributed by atoms with van der Waals surface area (Å²) in [4.78, 5) is 4.68. The fourth-order valence-corrected chi connectivity index (χ4v) is 2.97. The summed E-state index contributed by atoms with van der Waals surface area (Å²) in [5.74, 6) is 0.572. The van der Waals surface area contributed by atoms with Crippen molar-refractivity contribution >= 4 is 22.9 Å². The minimum absolute atomic E-state index is 0.131. The molecule has 0 saturated carbocycles. The van der Waals surface area contributed by atoms with Gasteiger partial charge in [0, 0.05) is 29.8 Å². The molecule has 0 bridgehead atoms. The Morgan fingerprint density at radius 2 is 1.75 bits per heavy atom. The third-order valence-electron chi connectivity index (χ3n) is 3.10. The minimum atomic E-state index is 0.131. The SMILES string of the molecule is CC(C)(C)c1csc(CNCc2ccc(CCl)cc2)n1. The topological polar surface area (TPSA) is 24.9 Å². The first kappa shape index (κ1) is 15.5. The number of rotatable bonds is 5. The number of thiazole rings is 1. The van der Waals surface area contributed by atoms with Gasteiger partial charge in [-0.1, -0.05) is 45.0 Å². The van der Waals surface area contributed by atoms with Gasteiger partial charge in [-0.25, -0.2) is 4.98 Å². The number of nitrogens with zero attached hydrogens (tertiary/aromatic N) is 1. The maximum absolute atomic E-state index is 5.78. The molecule has 0 unspecified atom stereocenters. The van der Waals surface area contributed by atoms with Crippen LogP contribution in [0, 0.1) is 0 Å². The molecule has 2 rings (SSSR count). The zero-order valence-electron chi connectivity index (χ0n) is 12.2. The summed E-state index contributed by atoms with van der Waals surface area (Å²) in [5.41, 5.74) is 3.73. The molecule has 0 radical (unpaired) electrons. The average molecular weight is 309 g/mol. The van der Waals surface area contributed by atoms with E-state index in [0.29, 0.717) is 5.88 Å². The molecule has 0 spiro atoms. The number of hydrogen-bond acceptors (Lipinski definition) is 3. The Bertz CT molecular complexity index is 540. The van der Waals surface area contributed by atoms with Crippen LogP contribution in [0.4, 0.5) is 0 Å². The Morgan fingerprint density at radius 1 is 1.10 bits per heavy atom.